The molecule has 0 N–H and O–H groups in total. The highest BCUT2D eigenvalue weighted by molar-refractivity contribution is 7.44. The first-order chi connectivity index (χ1) is 18.1. The molecule has 4 heteroatoms. The van der Waals surface area contributed by atoms with Crippen LogP contribution < -0.4 is 0 Å². The van der Waals surface area contributed by atoms with Crippen LogP contribution in [0.5, 0.6) is 0 Å². The van der Waals surface area contributed by atoms with Crippen molar-refractivity contribution in [1.82, 2.24) is 4.67 Å². The van der Waals surface area contributed by atoms with Crippen LogP contribution in [0.3, 0.4) is 0 Å². The van der Waals surface area contributed by atoms with E-state index in [0.717, 1.165) is 0 Å². The molecule has 3 unspecified atom stereocenters. The summed E-state index contributed by atoms with van der Waals surface area (Å²) in [6.07, 6.45) is 0. The van der Waals surface area contributed by atoms with Crippen LogP contribution in [0, 0.1) is 0 Å². The maximum absolute atomic E-state index is 6.86. The zero-order valence-corrected chi connectivity index (χ0v) is 22.5. The zero-order valence-electron chi connectivity index (χ0n) is 21.6. The molecule has 2 bridgehead atoms. The third-order valence-corrected chi connectivity index (χ3v) is 10.3. The summed E-state index contributed by atoms with van der Waals surface area (Å²) in [5, 5.41) is 0. The van der Waals surface area contributed by atoms with Crippen LogP contribution in [0.4, 0.5) is 0 Å². The van der Waals surface area contributed by atoms with Crippen LogP contribution in [0.25, 0.3) is 22.3 Å². The minimum Gasteiger partial charge on any atom is -0.321 e. The van der Waals surface area contributed by atoms with E-state index in [9.17, 15) is 0 Å². The summed E-state index contributed by atoms with van der Waals surface area (Å²) in [6.45, 7) is 8.05. The molecule has 4 aromatic carbocycles. The van der Waals surface area contributed by atoms with Crippen molar-refractivity contribution in [3.8, 4) is 22.3 Å². The largest absolute Gasteiger partial charge is 0.321 e. The van der Waals surface area contributed by atoms with Crippen molar-refractivity contribution in [1.29, 1.82) is 0 Å². The minimum absolute atomic E-state index is 0.196. The topological polar surface area (TPSA) is 21.7 Å². The van der Waals surface area contributed by atoms with Gasteiger partial charge < -0.3 is 9.05 Å². The maximum atomic E-state index is 6.86. The highest BCUT2D eigenvalue weighted by Gasteiger charge is 2.38. The summed E-state index contributed by atoms with van der Waals surface area (Å²) >= 11 is 0. The molecule has 0 aromatic heterocycles. The molecule has 1 aliphatic heterocycles. The molecule has 0 fully saturated rings. The average molecular weight is 506 g/mol. The van der Waals surface area contributed by atoms with Gasteiger partial charge in [-0.1, -0.05) is 91.0 Å². The Morgan fingerprint density at radius 3 is 2.00 bits per heavy atom. The fourth-order valence-corrected chi connectivity index (χ4v) is 8.27. The molecule has 4 aromatic rings. The van der Waals surface area contributed by atoms with Crippen molar-refractivity contribution >= 4 is 8.53 Å². The lowest BCUT2D eigenvalue weighted by atomic mass is 9.95. The van der Waals surface area contributed by atoms with E-state index in [1.807, 2.05) is 0 Å². The Balaban J connectivity index is 1.23. The predicted molar refractivity (Wildman–Crippen MR) is 152 cm³/mol. The van der Waals surface area contributed by atoms with Gasteiger partial charge in [-0.2, -0.15) is 0 Å². The Bertz CT molecular complexity index is 1440. The Morgan fingerprint density at radius 2 is 1.35 bits per heavy atom. The smallest absolute Gasteiger partial charge is 0.259 e. The molecule has 37 heavy (non-hydrogen) atoms. The van der Waals surface area contributed by atoms with Gasteiger partial charge in [0.2, 0.25) is 0 Å². The quantitative estimate of drug-likeness (QED) is 0.259. The lowest BCUT2D eigenvalue weighted by Gasteiger charge is -2.37. The lowest BCUT2D eigenvalue weighted by Crippen LogP contribution is -2.30. The molecule has 3 aliphatic rings. The van der Waals surface area contributed by atoms with Crippen molar-refractivity contribution in [2.45, 2.75) is 44.7 Å². The standard InChI is InChI=1S/C33H32NO2P/c1-21(2)34-22(3)23-16-17-30-26-12-6-9-15-29(26)33(31(30)18-23)20-36-37(34)35-19-32-27-13-7-4-10-24(27)25-11-5-8-14-28(25)32/h4-18,21-22,32-33H,19-20H2,1-3H3. The number of benzene rings is 4. The number of nitrogens with zero attached hydrogens (tertiary/aromatic N) is 1. The first kappa shape index (κ1) is 23.3. The second kappa shape index (κ2) is 9.19. The van der Waals surface area contributed by atoms with Gasteiger partial charge in [0, 0.05) is 23.9 Å². The molecule has 0 radical (unpaired) electrons. The Hall–Kier alpha value is -2.81. The fourth-order valence-electron chi connectivity index (χ4n) is 6.58. The average Bonchev–Trinajstić information content (AvgIpc) is 3.42. The molecule has 186 valence electrons. The minimum atomic E-state index is -1.26. The molecule has 0 spiro atoms. The summed E-state index contributed by atoms with van der Waals surface area (Å²) in [5.41, 5.74) is 12.2. The first-order valence-electron chi connectivity index (χ1n) is 13.4. The van der Waals surface area contributed by atoms with Crippen LogP contribution >= 0.6 is 8.53 Å². The van der Waals surface area contributed by atoms with Gasteiger partial charge in [0.05, 0.1) is 13.2 Å². The van der Waals surface area contributed by atoms with Crippen molar-refractivity contribution < 1.29 is 9.05 Å². The molecule has 3 atom stereocenters. The lowest BCUT2D eigenvalue weighted by molar-refractivity contribution is 0.166. The first-order valence-corrected chi connectivity index (χ1v) is 14.5. The van der Waals surface area contributed by atoms with Gasteiger partial charge in [0.1, 0.15) is 0 Å². The van der Waals surface area contributed by atoms with Gasteiger partial charge in [0.15, 0.2) is 0 Å². The van der Waals surface area contributed by atoms with Gasteiger partial charge >= 0.3 is 0 Å². The Morgan fingerprint density at radius 1 is 0.784 bits per heavy atom. The van der Waals surface area contributed by atoms with Crippen molar-refractivity contribution in [2.24, 2.45) is 0 Å². The van der Waals surface area contributed by atoms with Crippen LogP contribution in [-0.2, 0) is 9.05 Å². The highest BCUT2D eigenvalue weighted by Crippen LogP contribution is 2.56. The second-order valence-corrected chi connectivity index (χ2v) is 12.1. The SMILES string of the molecule is CC(C)N1C(C)c2ccc3c(c2)C(COP1OCC1c2ccccc2-c2ccccc21)c1ccccc1-3. The summed E-state index contributed by atoms with van der Waals surface area (Å²) in [4.78, 5) is 0. The van der Waals surface area contributed by atoms with E-state index < -0.39 is 8.53 Å². The predicted octanol–water partition coefficient (Wildman–Crippen LogP) is 8.66. The molecule has 2 aliphatic carbocycles. The van der Waals surface area contributed by atoms with Gasteiger partial charge in [-0.15, -0.1) is 0 Å². The zero-order chi connectivity index (χ0) is 25.1. The molecular weight excluding hydrogens is 473 g/mol. The van der Waals surface area contributed by atoms with E-state index in [2.05, 4.69) is 116 Å². The number of fused-ring (bicyclic) bond motifs is 7. The fraction of sp³-hybridized carbons (Fsp3) is 0.273. The van der Waals surface area contributed by atoms with E-state index in [-0.39, 0.29) is 17.9 Å². The van der Waals surface area contributed by atoms with Crippen LogP contribution in [-0.4, -0.2) is 23.9 Å². The molecule has 0 saturated heterocycles. The Kier molecular flexibility index (Phi) is 5.79. The number of hydrogen-bond donors (Lipinski definition) is 0. The van der Waals surface area contributed by atoms with E-state index >= 15 is 0 Å². The normalized spacial score (nSPS) is 22.2. The van der Waals surface area contributed by atoms with E-state index in [0.29, 0.717) is 19.3 Å². The van der Waals surface area contributed by atoms with Gasteiger partial charge in [0.25, 0.3) is 8.53 Å². The molecular formula is C33H32NO2P. The molecule has 0 amide bonds. The summed E-state index contributed by atoms with van der Waals surface area (Å²) in [7, 11) is -1.26. The van der Waals surface area contributed by atoms with E-state index in [1.54, 1.807) is 0 Å². The molecule has 3 nitrogen and oxygen atoms in total. The molecule has 7 rings (SSSR count). The van der Waals surface area contributed by atoms with Crippen molar-refractivity contribution in [2.75, 3.05) is 13.2 Å². The monoisotopic (exact) mass is 505 g/mol. The van der Waals surface area contributed by atoms with Gasteiger partial charge in [-0.3, -0.25) is 0 Å². The van der Waals surface area contributed by atoms with Crippen LogP contribution in [0.15, 0.2) is 91.0 Å². The van der Waals surface area contributed by atoms with Crippen LogP contribution in [0.2, 0.25) is 0 Å². The van der Waals surface area contributed by atoms with E-state index in [4.69, 9.17) is 9.05 Å². The summed E-state index contributed by atoms with van der Waals surface area (Å²) in [6, 6.07) is 33.9. The van der Waals surface area contributed by atoms with Crippen LogP contribution in [0.1, 0.15) is 66.5 Å². The summed E-state index contributed by atoms with van der Waals surface area (Å²) < 4.78 is 16.1. The summed E-state index contributed by atoms with van der Waals surface area (Å²) in [5.74, 6) is 0.460. The number of hydrogen-bond acceptors (Lipinski definition) is 3. The Labute approximate surface area is 221 Å². The highest BCUT2D eigenvalue weighted by atomic mass is 31.2. The maximum Gasteiger partial charge on any atom is 0.259 e. The molecule has 1 heterocycles. The van der Waals surface area contributed by atoms with Gasteiger partial charge in [-0.25, -0.2) is 4.67 Å². The third kappa shape index (κ3) is 3.72. The third-order valence-electron chi connectivity index (χ3n) is 8.34. The van der Waals surface area contributed by atoms with Crippen molar-refractivity contribution in [3.63, 3.8) is 0 Å². The van der Waals surface area contributed by atoms with Crippen molar-refractivity contribution in [3.05, 3.63) is 119 Å². The van der Waals surface area contributed by atoms with E-state index in [1.165, 1.54) is 50.1 Å². The van der Waals surface area contributed by atoms with Gasteiger partial charge in [-0.05, 0) is 70.8 Å². The number of rotatable bonds is 4. The molecule has 0 saturated carbocycles. The second-order valence-electron chi connectivity index (χ2n) is 10.7.